The first kappa shape index (κ1) is 10.8. The lowest BCUT2D eigenvalue weighted by atomic mass is 10.2. The average molecular weight is 232 g/mol. The van der Waals surface area contributed by atoms with Gasteiger partial charge in [-0.15, -0.1) is 0 Å². The molecular formula is C11H12N4S. The van der Waals surface area contributed by atoms with E-state index >= 15 is 0 Å². The van der Waals surface area contributed by atoms with Gasteiger partial charge in [0.2, 0.25) is 0 Å². The highest BCUT2D eigenvalue weighted by atomic mass is 32.1. The van der Waals surface area contributed by atoms with E-state index in [1.807, 2.05) is 37.2 Å². The van der Waals surface area contributed by atoms with Crippen LogP contribution >= 0.6 is 12.2 Å². The Kier molecular flexibility index (Phi) is 2.96. The van der Waals surface area contributed by atoms with Crippen molar-refractivity contribution < 1.29 is 0 Å². The second-order valence-corrected chi connectivity index (χ2v) is 4.01. The van der Waals surface area contributed by atoms with Crippen LogP contribution in [-0.2, 0) is 0 Å². The van der Waals surface area contributed by atoms with Crippen LogP contribution in [0, 0.1) is 0 Å². The number of aromatic nitrogens is 2. The fourth-order valence-electron chi connectivity index (χ4n) is 1.30. The lowest BCUT2D eigenvalue weighted by Gasteiger charge is -2.15. The van der Waals surface area contributed by atoms with Crippen LogP contribution in [-0.4, -0.2) is 34.1 Å². The van der Waals surface area contributed by atoms with E-state index in [0.29, 0.717) is 5.11 Å². The number of fused-ring (bicyclic) bond motifs is 1. The third-order valence-electron chi connectivity index (χ3n) is 2.16. The average Bonchev–Trinajstić information content (AvgIpc) is 2.28. The number of benzene rings is 1. The first-order valence-electron chi connectivity index (χ1n) is 4.85. The summed E-state index contributed by atoms with van der Waals surface area (Å²) in [6, 6.07) is 5.87. The third-order valence-corrected chi connectivity index (χ3v) is 2.63. The molecular weight excluding hydrogens is 220 g/mol. The van der Waals surface area contributed by atoms with E-state index in [0.717, 1.165) is 16.6 Å². The van der Waals surface area contributed by atoms with Crippen molar-refractivity contribution in [3.05, 3.63) is 30.7 Å². The number of thiocarbonyl (C=S) groups is 1. The van der Waals surface area contributed by atoms with Crippen LogP contribution in [0.25, 0.3) is 10.9 Å². The topological polar surface area (TPSA) is 41.0 Å². The molecule has 1 aromatic heterocycles. The fourth-order valence-corrected chi connectivity index (χ4v) is 1.42. The zero-order valence-corrected chi connectivity index (χ0v) is 9.95. The molecule has 0 amide bonds. The Morgan fingerprint density at radius 2 is 2.19 bits per heavy atom. The van der Waals surface area contributed by atoms with Gasteiger partial charge in [0.25, 0.3) is 0 Å². The fraction of sp³-hybridized carbons (Fsp3) is 0.182. The van der Waals surface area contributed by atoms with Gasteiger partial charge in [-0.25, -0.2) is 9.97 Å². The van der Waals surface area contributed by atoms with Crippen molar-refractivity contribution in [3.8, 4) is 0 Å². The molecule has 2 rings (SSSR count). The highest BCUT2D eigenvalue weighted by molar-refractivity contribution is 7.80. The van der Waals surface area contributed by atoms with Gasteiger partial charge in [0, 0.05) is 31.4 Å². The van der Waals surface area contributed by atoms with E-state index in [1.54, 1.807) is 12.5 Å². The Hall–Kier alpha value is -1.75. The molecule has 0 aliphatic rings. The molecule has 0 aliphatic heterocycles. The molecule has 0 radical (unpaired) electrons. The smallest absolute Gasteiger partial charge is 0.172 e. The number of nitrogens with zero attached hydrogens (tertiary/aromatic N) is 3. The molecule has 5 heteroatoms. The molecule has 82 valence electrons. The minimum Gasteiger partial charge on any atom is -0.355 e. The second kappa shape index (κ2) is 4.40. The Labute approximate surface area is 99.3 Å². The van der Waals surface area contributed by atoms with Gasteiger partial charge in [-0.2, -0.15) is 0 Å². The summed E-state index contributed by atoms with van der Waals surface area (Å²) in [5, 5.41) is 4.81. The molecule has 1 aromatic carbocycles. The lowest BCUT2D eigenvalue weighted by molar-refractivity contribution is 0.634. The van der Waals surface area contributed by atoms with Gasteiger partial charge in [-0.3, -0.25) is 0 Å². The van der Waals surface area contributed by atoms with Crippen LogP contribution in [0.15, 0.2) is 30.7 Å². The Morgan fingerprint density at radius 1 is 1.38 bits per heavy atom. The summed E-state index contributed by atoms with van der Waals surface area (Å²) in [4.78, 5) is 9.99. The summed E-state index contributed by atoms with van der Waals surface area (Å²) in [5.74, 6) is 0. The molecule has 0 aliphatic carbocycles. The predicted octanol–water partition coefficient (Wildman–Crippen LogP) is 1.89. The maximum Gasteiger partial charge on any atom is 0.172 e. The standard InChI is InChI=1S/C11H12N4S/c1-15(2)11(16)14-9-3-4-10-8(5-9)6-12-7-13-10/h3-7H,1-2H3,(H,14,16). The highest BCUT2D eigenvalue weighted by Gasteiger charge is 2.01. The molecule has 16 heavy (non-hydrogen) atoms. The Bertz CT molecular complexity index is 524. The van der Waals surface area contributed by atoms with Gasteiger partial charge in [0.05, 0.1) is 5.52 Å². The van der Waals surface area contributed by atoms with E-state index in [9.17, 15) is 0 Å². The van der Waals surface area contributed by atoms with E-state index < -0.39 is 0 Å². The molecule has 0 bridgehead atoms. The van der Waals surface area contributed by atoms with Crippen molar-refractivity contribution in [1.82, 2.24) is 14.9 Å². The molecule has 2 aromatic rings. The summed E-state index contributed by atoms with van der Waals surface area (Å²) >= 11 is 5.17. The van der Waals surface area contributed by atoms with Gasteiger partial charge in [0.1, 0.15) is 6.33 Å². The molecule has 4 nitrogen and oxygen atoms in total. The van der Waals surface area contributed by atoms with Gasteiger partial charge >= 0.3 is 0 Å². The summed E-state index contributed by atoms with van der Waals surface area (Å²) < 4.78 is 0. The van der Waals surface area contributed by atoms with E-state index in [1.165, 1.54) is 0 Å². The number of anilines is 1. The van der Waals surface area contributed by atoms with Crippen molar-refractivity contribution in [2.45, 2.75) is 0 Å². The SMILES string of the molecule is CN(C)C(=S)Nc1ccc2ncncc2c1. The van der Waals surface area contributed by atoms with Gasteiger partial charge in [-0.05, 0) is 30.4 Å². The monoisotopic (exact) mass is 232 g/mol. The summed E-state index contributed by atoms with van der Waals surface area (Å²) in [6.07, 6.45) is 3.33. The van der Waals surface area contributed by atoms with Crippen LogP contribution in [0.2, 0.25) is 0 Å². The maximum atomic E-state index is 5.17. The van der Waals surface area contributed by atoms with Gasteiger partial charge in [-0.1, -0.05) is 0 Å². The maximum absolute atomic E-state index is 5.17. The van der Waals surface area contributed by atoms with Crippen LogP contribution in [0.4, 0.5) is 5.69 Å². The molecule has 0 spiro atoms. The zero-order chi connectivity index (χ0) is 11.5. The zero-order valence-electron chi connectivity index (χ0n) is 9.14. The van der Waals surface area contributed by atoms with Crippen molar-refractivity contribution in [3.63, 3.8) is 0 Å². The van der Waals surface area contributed by atoms with Crippen molar-refractivity contribution in [2.75, 3.05) is 19.4 Å². The molecule has 0 saturated heterocycles. The van der Waals surface area contributed by atoms with Gasteiger partial charge in [0.15, 0.2) is 5.11 Å². The molecule has 1 heterocycles. The highest BCUT2D eigenvalue weighted by Crippen LogP contribution is 2.16. The first-order chi connectivity index (χ1) is 7.66. The largest absolute Gasteiger partial charge is 0.355 e. The normalized spacial score (nSPS) is 10.1. The van der Waals surface area contributed by atoms with Crippen molar-refractivity contribution in [2.24, 2.45) is 0 Å². The number of hydrogen-bond donors (Lipinski definition) is 1. The quantitative estimate of drug-likeness (QED) is 0.760. The number of hydrogen-bond acceptors (Lipinski definition) is 3. The Morgan fingerprint density at radius 3 is 2.94 bits per heavy atom. The van der Waals surface area contributed by atoms with E-state index in [2.05, 4.69) is 15.3 Å². The van der Waals surface area contributed by atoms with Crippen LogP contribution in [0.5, 0.6) is 0 Å². The van der Waals surface area contributed by atoms with Gasteiger partial charge < -0.3 is 10.2 Å². The first-order valence-corrected chi connectivity index (χ1v) is 5.26. The van der Waals surface area contributed by atoms with Crippen LogP contribution in [0.3, 0.4) is 0 Å². The molecule has 0 atom stereocenters. The third kappa shape index (κ3) is 2.25. The Balaban J connectivity index is 2.29. The molecule has 1 N–H and O–H groups in total. The van der Waals surface area contributed by atoms with Crippen molar-refractivity contribution >= 4 is 33.9 Å². The molecule has 0 unspecified atom stereocenters. The molecule has 0 fully saturated rings. The predicted molar refractivity (Wildman–Crippen MR) is 69.4 cm³/mol. The minimum absolute atomic E-state index is 0.677. The van der Waals surface area contributed by atoms with Crippen molar-refractivity contribution in [1.29, 1.82) is 0 Å². The minimum atomic E-state index is 0.677. The summed E-state index contributed by atoms with van der Waals surface area (Å²) in [5.41, 5.74) is 1.87. The second-order valence-electron chi connectivity index (χ2n) is 3.62. The molecule has 0 saturated carbocycles. The lowest BCUT2D eigenvalue weighted by Crippen LogP contribution is -2.26. The number of rotatable bonds is 1. The van der Waals surface area contributed by atoms with Crippen LogP contribution < -0.4 is 5.32 Å². The summed E-state index contributed by atoms with van der Waals surface area (Å²) in [6.45, 7) is 0. The van der Waals surface area contributed by atoms with E-state index in [4.69, 9.17) is 12.2 Å². The number of nitrogens with one attached hydrogen (secondary N) is 1. The summed E-state index contributed by atoms with van der Waals surface area (Å²) in [7, 11) is 3.80. The van der Waals surface area contributed by atoms with E-state index in [-0.39, 0.29) is 0 Å². The van der Waals surface area contributed by atoms with Crippen LogP contribution in [0.1, 0.15) is 0 Å².